The third kappa shape index (κ3) is 4.37. The summed E-state index contributed by atoms with van der Waals surface area (Å²) in [7, 11) is -2.70. The molecule has 1 fully saturated rings. The third-order valence-electron chi connectivity index (χ3n) is 4.07. The molecule has 3 heterocycles. The molecule has 3 N–H and O–H groups in total. The standard InChI is InChI=1S/C15H20N6O6S/c1-26-14(22)10-8-11(28(24,25)21-4-6-27-7-5-21)13(17-9-10)16-3-2-12-18-15(23)20-19-12/h8-9H,2-7H2,1H3,(H,16,17)(H2,18,19,20,23). The lowest BCUT2D eigenvalue weighted by atomic mass is 10.3. The first-order valence-corrected chi connectivity index (χ1v) is 9.89. The molecule has 0 radical (unpaired) electrons. The molecule has 0 bridgehead atoms. The number of anilines is 1. The minimum Gasteiger partial charge on any atom is -0.465 e. The van der Waals surface area contributed by atoms with Crippen molar-refractivity contribution in [2.45, 2.75) is 11.3 Å². The SMILES string of the molecule is COC(=O)c1cnc(NCCc2n[nH]c(=O)[nH]2)c(S(=O)(=O)N2CCOCC2)c1. The topological polar surface area (TPSA) is 159 Å². The number of nitrogens with one attached hydrogen (secondary N) is 3. The van der Waals surface area contributed by atoms with Gasteiger partial charge in [0.2, 0.25) is 10.0 Å². The highest BCUT2D eigenvalue weighted by Crippen LogP contribution is 2.25. The number of esters is 1. The normalized spacial score (nSPS) is 15.3. The summed E-state index contributed by atoms with van der Waals surface area (Å²) in [6.45, 7) is 1.26. The molecule has 152 valence electrons. The van der Waals surface area contributed by atoms with E-state index in [0.29, 0.717) is 25.5 Å². The minimum absolute atomic E-state index is 0.0246. The molecule has 0 spiro atoms. The first-order chi connectivity index (χ1) is 13.4. The lowest BCUT2D eigenvalue weighted by Gasteiger charge is -2.26. The highest BCUT2D eigenvalue weighted by Gasteiger charge is 2.30. The average Bonchev–Trinajstić information content (AvgIpc) is 3.13. The van der Waals surface area contributed by atoms with Crippen LogP contribution < -0.4 is 11.0 Å². The maximum absolute atomic E-state index is 13.1. The molecule has 28 heavy (non-hydrogen) atoms. The number of hydrogen-bond acceptors (Lipinski definition) is 9. The van der Waals surface area contributed by atoms with Gasteiger partial charge in [-0.25, -0.2) is 28.1 Å². The van der Waals surface area contributed by atoms with Gasteiger partial charge in [-0.15, -0.1) is 0 Å². The smallest absolute Gasteiger partial charge is 0.340 e. The van der Waals surface area contributed by atoms with Gasteiger partial charge in [0, 0.05) is 32.3 Å². The van der Waals surface area contributed by atoms with Crippen molar-refractivity contribution in [1.82, 2.24) is 24.5 Å². The van der Waals surface area contributed by atoms with Crippen molar-refractivity contribution < 1.29 is 22.7 Å². The van der Waals surface area contributed by atoms with Gasteiger partial charge in [-0.3, -0.25) is 4.98 Å². The van der Waals surface area contributed by atoms with Crippen molar-refractivity contribution in [2.75, 3.05) is 45.3 Å². The number of sulfonamides is 1. The summed E-state index contributed by atoms with van der Waals surface area (Å²) in [5, 5.41) is 8.96. The van der Waals surface area contributed by atoms with Gasteiger partial charge < -0.3 is 14.8 Å². The van der Waals surface area contributed by atoms with Crippen molar-refractivity contribution >= 4 is 21.8 Å². The Labute approximate surface area is 160 Å². The fourth-order valence-electron chi connectivity index (χ4n) is 2.65. The fourth-order valence-corrected chi connectivity index (χ4v) is 4.21. The van der Waals surface area contributed by atoms with E-state index in [0.717, 1.165) is 0 Å². The molecule has 0 unspecified atom stereocenters. The van der Waals surface area contributed by atoms with Crippen molar-refractivity contribution in [1.29, 1.82) is 0 Å². The number of carbonyl (C=O) groups is 1. The van der Waals surface area contributed by atoms with E-state index in [9.17, 15) is 18.0 Å². The van der Waals surface area contributed by atoms with E-state index in [1.54, 1.807) is 0 Å². The third-order valence-corrected chi connectivity index (χ3v) is 5.98. The van der Waals surface area contributed by atoms with E-state index < -0.39 is 21.7 Å². The number of methoxy groups -OCH3 is 1. The number of H-pyrrole nitrogens is 2. The Morgan fingerprint density at radius 2 is 2.14 bits per heavy atom. The largest absolute Gasteiger partial charge is 0.465 e. The highest BCUT2D eigenvalue weighted by molar-refractivity contribution is 7.89. The van der Waals surface area contributed by atoms with Crippen LogP contribution in [0.25, 0.3) is 0 Å². The van der Waals surface area contributed by atoms with Gasteiger partial charge in [-0.2, -0.15) is 9.40 Å². The fraction of sp³-hybridized carbons (Fsp3) is 0.467. The van der Waals surface area contributed by atoms with Gasteiger partial charge in [0.15, 0.2) is 0 Å². The molecule has 2 aromatic rings. The summed E-state index contributed by atoms with van der Waals surface area (Å²) in [6, 6.07) is 1.24. The number of morpholine rings is 1. The van der Waals surface area contributed by atoms with Crippen LogP contribution in [-0.4, -0.2) is 78.8 Å². The van der Waals surface area contributed by atoms with Crippen molar-refractivity contribution in [3.63, 3.8) is 0 Å². The predicted molar refractivity (Wildman–Crippen MR) is 96.6 cm³/mol. The average molecular weight is 412 g/mol. The number of nitrogens with zero attached hydrogens (tertiary/aromatic N) is 3. The van der Waals surface area contributed by atoms with Gasteiger partial charge in [-0.05, 0) is 6.07 Å². The number of ether oxygens (including phenoxy) is 2. The molecule has 12 nitrogen and oxygen atoms in total. The Morgan fingerprint density at radius 3 is 2.79 bits per heavy atom. The van der Waals surface area contributed by atoms with Gasteiger partial charge in [0.1, 0.15) is 16.5 Å². The predicted octanol–water partition coefficient (Wildman–Crippen LogP) is -1.04. The quantitative estimate of drug-likeness (QED) is 0.482. The maximum Gasteiger partial charge on any atom is 0.340 e. The molecule has 0 aliphatic carbocycles. The molecule has 0 atom stereocenters. The van der Waals surface area contributed by atoms with Gasteiger partial charge in [0.25, 0.3) is 0 Å². The molecule has 2 aromatic heterocycles. The number of hydrogen-bond donors (Lipinski definition) is 3. The van der Waals surface area contributed by atoms with Gasteiger partial charge >= 0.3 is 11.7 Å². The first kappa shape index (κ1) is 20.0. The number of aromatic amines is 2. The zero-order valence-electron chi connectivity index (χ0n) is 15.1. The van der Waals surface area contributed by atoms with Crippen LogP contribution in [0.2, 0.25) is 0 Å². The molecule has 1 aliphatic heterocycles. The van der Waals surface area contributed by atoms with Crippen LogP contribution in [0.4, 0.5) is 5.82 Å². The number of pyridine rings is 1. The van der Waals surface area contributed by atoms with Gasteiger partial charge in [0.05, 0.1) is 25.9 Å². The minimum atomic E-state index is -3.91. The molecule has 0 aromatic carbocycles. The van der Waals surface area contributed by atoms with E-state index in [1.165, 1.54) is 23.7 Å². The Bertz CT molecular complexity index is 994. The lowest BCUT2D eigenvalue weighted by Crippen LogP contribution is -2.41. The molecule has 13 heteroatoms. The van der Waals surface area contributed by atoms with E-state index in [-0.39, 0.29) is 35.9 Å². The lowest BCUT2D eigenvalue weighted by molar-refractivity contribution is 0.0600. The summed E-state index contributed by atoms with van der Waals surface area (Å²) in [5.74, 6) is -0.176. The highest BCUT2D eigenvalue weighted by atomic mass is 32.2. The van der Waals surface area contributed by atoms with Crippen LogP contribution in [0.15, 0.2) is 22.0 Å². The molecular weight excluding hydrogens is 392 g/mol. The molecule has 1 aliphatic rings. The first-order valence-electron chi connectivity index (χ1n) is 8.45. The maximum atomic E-state index is 13.1. The second kappa shape index (κ2) is 8.50. The van der Waals surface area contributed by atoms with Crippen LogP contribution in [0.1, 0.15) is 16.2 Å². The molecule has 0 amide bonds. The summed E-state index contributed by atoms with van der Waals surface area (Å²) >= 11 is 0. The molecule has 1 saturated heterocycles. The number of aromatic nitrogens is 4. The molecular formula is C15H20N6O6S. The van der Waals surface area contributed by atoms with Crippen LogP contribution >= 0.6 is 0 Å². The van der Waals surface area contributed by atoms with E-state index in [4.69, 9.17) is 4.74 Å². The Morgan fingerprint density at radius 1 is 1.39 bits per heavy atom. The van der Waals surface area contributed by atoms with Crippen LogP contribution in [0.3, 0.4) is 0 Å². The Balaban J connectivity index is 1.87. The molecule has 3 rings (SSSR count). The summed E-state index contributed by atoms with van der Waals surface area (Å²) in [6.07, 6.45) is 1.57. The summed E-state index contributed by atoms with van der Waals surface area (Å²) in [4.78, 5) is 29.4. The molecule has 0 saturated carbocycles. The van der Waals surface area contributed by atoms with Crippen molar-refractivity contribution in [3.8, 4) is 0 Å². The van der Waals surface area contributed by atoms with Crippen LogP contribution in [-0.2, 0) is 25.9 Å². The van der Waals surface area contributed by atoms with Gasteiger partial charge in [-0.1, -0.05) is 0 Å². The zero-order chi connectivity index (χ0) is 20.1. The van der Waals surface area contributed by atoms with E-state index in [1.807, 2.05) is 0 Å². The summed E-state index contributed by atoms with van der Waals surface area (Å²) in [5.41, 5.74) is -0.400. The summed E-state index contributed by atoms with van der Waals surface area (Å²) < 4.78 is 37.3. The second-order valence-electron chi connectivity index (χ2n) is 5.88. The van der Waals surface area contributed by atoms with E-state index in [2.05, 4.69) is 30.2 Å². The monoisotopic (exact) mass is 412 g/mol. The van der Waals surface area contributed by atoms with E-state index >= 15 is 0 Å². The second-order valence-corrected chi connectivity index (χ2v) is 7.79. The number of rotatable bonds is 7. The van der Waals surface area contributed by atoms with Crippen LogP contribution in [0.5, 0.6) is 0 Å². The number of carbonyl (C=O) groups excluding carboxylic acids is 1. The Kier molecular flexibility index (Phi) is 6.06. The Hall–Kier alpha value is -2.77. The van der Waals surface area contributed by atoms with Crippen molar-refractivity contribution in [2.24, 2.45) is 0 Å². The van der Waals surface area contributed by atoms with Crippen LogP contribution in [0, 0.1) is 0 Å². The van der Waals surface area contributed by atoms with Crippen molar-refractivity contribution in [3.05, 3.63) is 34.1 Å². The zero-order valence-corrected chi connectivity index (χ0v) is 15.9.